The van der Waals surface area contributed by atoms with Gasteiger partial charge in [-0.25, -0.2) is 4.79 Å². The quantitative estimate of drug-likeness (QED) is 0.0297. The normalized spacial score (nSPS) is 12.7. The molecule has 2 aliphatic carbocycles. The van der Waals surface area contributed by atoms with Gasteiger partial charge in [-0.15, -0.1) is 40.7 Å². The van der Waals surface area contributed by atoms with Crippen LogP contribution in [-0.2, 0) is 20.7 Å². The summed E-state index contributed by atoms with van der Waals surface area (Å²) < 4.78 is 23.9. The van der Waals surface area contributed by atoms with E-state index in [1.54, 1.807) is 16.4 Å². The summed E-state index contributed by atoms with van der Waals surface area (Å²) in [4.78, 5) is 24.5. The van der Waals surface area contributed by atoms with Crippen LogP contribution in [0.4, 0.5) is 4.79 Å². The zero-order chi connectivity index (χ0) is 96.7. The number of hydrogen-bond donors (Lipinski definition) is 0. The first-order chi connectivity index (χ1) is 59.6. The third-order valence-electron chi connectivity index (χ3n) is 21.2. The standard InChI is InChI=1S/C16H21NO2.C13H14.C11H14O.C11H12S.C11H22Si.C10H18.C9H16.C7H14O2.C7H10O.C7H10S.C7H14.C6H12.C2H6/c1-11(2)13-10-17(15(18)19-16(3,4)5)14-9-7-6-8-12(13)14;1-10(2)12-8-7-11-5-3-4-6-13(11)9-12;1-8(2)9-3-4-11-10(7-9)5-6-12-11;1-8(2)9-4-3-5-11-10(9)6-7-12-11;1-10(2)8-9-12(6,7)11(3,4)5;1-4-5-6-7-8-9-10(2)3;1-8(2)9-6-4-3-5-7-9;1-5(2)7(8)9-6(3)4;2*1-6(2)7-4-3-5-8-7;1-4-5-6-7(2)3;1-5(2)6-3-4-6;1-2/h6-11H,1-5H3;3-10H,1-2H3;3-4,7-8H,5-6H2,1-2H3;3-8H,1-2H3;10H,1-7H3;4,8-10H,1,5-7H2,2-3H3;6,8H,3-5,7H2,1-2H3;5-6H,1-4H3;2*3-6H,1-2H3;5-7H,4H2,1-3H3;5-6H,3-4H2,1-2H3;1-2H3/b;;;;;9-8+;;;;;6-5+;;. The molecule has 0 N–H and O–H groups in total. The molecule has 0 spiro atoms. The first kappa shape index (κ1) is 119. The fraction of sp³-hybridized carbons (Fsp3) is 0.556. The maximum Gasteiger partial charge on any atom is 0.419 e. The number of benzene rings is 5. The Morgan fingerprint density at radius 3 is 1.61 bits per heavy atom. The Balaban J connectivity index is 0.00000138. The molecule has 0 amide bonds. The molecule has 3 aliphatic rings. The molecule has 708 valence electrons. The van der Waals surface area contributed by atoms with Crippen LogP contribution in [0.15, 0.2) is 210 Å². The number of thiophene rings is 2. The van der Waals surface area contributed by atoms with E-state index < -0.39 is 13.7 Å². The SMILES string of the molecule is C=CCCC/C=C/C(C)C.CC.CC(C)C#C[Si](C)(C)C(C)(C)C.CC(C)C1=CCCCC1.CC(C)C1CC1.CC(C)OC(=O)C(C)C.CC(C)c1ccc2c(c1)CCO2.CC(C)c1ccc2ccccc2c1.CC(C)c1cccc2sccc12.CC(C)c1ccco1.CC(C)c1cccs1.CC(C)c1cn(C(=O)OC(C)(C)C)c2ccccc12.CC/C=C/C(C)C. The average Bonchev–Trinajstić information content (AvgIpc) is 1.63. The van der Waals surface area contributed by atoms with Crippen LogP contribution in [0.3, 0.4) is 0 Å². The highest BCUT2D eigenvalue weighted by Gasteiger charge is 2.34. The van der Waals surface area contributed by atoms with E-state index in [4.69, 9.17) is 18.6 Å². The summed E-state index contributed by atoms with van der Waals surface area (Å²) in [6, 6.07) is 46.6. The summed E-state index contributed by atoms with van der Waals surface area (Å²) in [7, 11) is -1.33. The van der Waals surface area contributed by atoms with Crippen molar-refractivity contribution in [1.82, 2.24) is 4.57 Å². The monoisotopic (exact) mass is 1790 g/mol. The second-order valence-electron chi connectivity index (χ2n) is 39.8. The first-order valence-electron chi connectivity index (χ1n) is 48.6. The number of allylic oxidation sites excluding steroid dienone is 7. The van der Waals surface area contributed by atoms with Crippen LogP contribution < -0.4 is 4.74 Å². The number of hydrogen-bond acceptors (Lipinski definition) is 8. The van der Waals surface area contributed by atoms with Gasteiger partial charge in [-0.05, 0) is 260 Å². The van der Waals surface area contributed by atoms with E-state index in [-0.39, 0.29) is 24.1 Å². The van der Waals surface area contributed by atoms with Crippen molar-refractivity contribution in [3.63, 3.8) is 0 Å². The molecule has 0 saturated heterocycles. The van der Waals surface area contributed by atoms with Crippen molar-refractivity contribution >= 4 is 74.6 Å². The molecule has 9 aromatic rings. The van der Waals surface area contributed by atoms with Crippen molar-refractivity contribution in [2.24, 2.45) is 41.4 Å². The molecule has 0 unspecified atom stereocenters. The lowest BCUT2D eigenvalue weighted by molar-refractivity contribution is -0.151. The van der Waals surface area contributed by atoms with Gasteiger partial charge in [-0.2, -0.15) is 0 Å². The molecule has 1 aliphatic heterocycles. The molecular formula is C117H183NO6S2Si. The average molecular weight is 1790 g/mol. The van der Waals surface area contributed by atoms with Gasteiger partial charge in [0.1, 0.15) is 25.2 Å². The molecule has 0 bridgehead atoms. The Morgan fingerprint density at radius 1 is 0.583 bits per heavy atom. The van der Waals surface area contributed by atoms with Gasteiger partial charge in [-0.3, -0.25) is 9.36 Å². The van der Waals surface area contributed by atoms with Crippen LogP contribution in [0.1, 0.15) is 381 Å². The topological polar surface area (TPSA) is 79.9 Å². The van der Waals surface area contributed by atoms with E-state index in [0.29, 0.717) is 52.4 Å². The maximum absolute atomic E-state index is 12.3. The summed E-state index contributed by atoms with van der Waals surface area (Å²) >= 11 is 3.65. The number of fused-ring (bicyclic) bond motifs is 4. The van der Waals surface area contributed by atoms with Gasteiger partial charge in [0, 0.05) is 39.4 Å². The van der Waals surface area contributed by atoms with Gasteiger partial charge in [0.15, 0.2) is 0 Å². The van der Waals surface area contributed by atoms with Crippen molar-refractivity contribution in [3.8, 4) is 17.2 Å². The number of carbonyl (C=O) groups is 2. The lowest BCUT2D eigenvalue weighted by atomic mass is 9.92. The number of ether oxygens (including phenoxy) is 3. The van der Waals surface area contributed by atoms with Gasteiger partial charge in [0.05, 0.1) is 30.4 Å². The Bertz CT molecular complexity index is 4470. The Hall–Kier alpha value is -7.68. The highest BCUT2D eigenvalue weighted by atomic mass is 32.1. The van der Waals surface area contributed by atoms with Crippen LogP contribution in [0, 0.1) is 52.9 Å². The lowest BCUT2D eigenvalue weighted by Crippen LogP contribution is -2.35. The van der Waals surface area contributed by atoms with E-state index in [9.17, 15) is 9.59 Å². The number of para-hydroxylation sites is 1. The minimum Gasteiger partial charge on any atom is -0.493 e. The van der Waals surface area contributed by atoms with Gasteiger partial charge >= 0.3 is 12.1 Å². The largest absolute Gasteiger partial charge is 0.493 e. The highest BCUT2D eigenvalue weighted by Crippen LogP contribution is 2.37. The van der Waals surface area contributed by atoms with Crippen LogP contribution in [0.2, 0.25) is 18.1 Å². The van der Waals surface area contributed by atoms with Crippen molar-refractivity contribution in [3.05, 3.63) is 244 Å². The molecule has 0 atom stereocenters. The van der Waals surface area contributed by atoms with Crippen LogP contribution in [-0.4, -0.2) is 43.0 Å². The minimum atomic E-state index is -1.33. The molecular weight excluding hydrogens is 1610 g/mol. The lowest BCUT2D eigenvalue weighted by Gasteiger charge is -2.31. The summed E-state index contributed by atoms with van der Waals surface area (Å²) in [5.74, 6) is 13.6. The minimum absolute atomic E-state index is 0.00704. The van der Waals surface area contributed by atoms with E-state index in [0.717, 1.165) is 72.0 Å². The summed E-state index contributed by atoms with van der Waals surface area (Å²) in [5, 5.41) is 9.89. The fourth-order valence-corrected chi connectivity index (χ4v) is 14.8. The zero-order valence-corrected chi connectivity index (χ0v) is 90.1. The smallest absolute Gasteiger partial charge is 0.419 e. The molecule has 7 nitrogen and oxygen atoms in total. The molecule has 127 heavy (non-hydrogen) atoms. The third-order valence-corrected chi connectivity index (χ3v) is 27.8. The summed E-state index contributed by atoms with van der Waals surface area (Å²) in [6.45, 7) is 83.8. The predicted molar refractivity (Wildman–Crippen MR) is 571 cm³/mol. The Morgan fingerprint density at radius 2 is 1.18 bits per heavy atom. The van der Waals surface area contributed by atoms with Gasteiger partial charge in [0.2, 0.25) is 0 Å². The maximum atomic E-state index is 12.3. The van der Waals surface area contributed by atoms with Crippen LogP contribution >= 0.6 is 22.7 Å². The molecule has 5 heterocycles. The summed E-state index contributed by atoms with van der Waals surface area (Å²) in [5.41, 5.74) is 12.4. The molecule has 10 heteroatoms. The molecule has 1 saturated carbocycles. The van der Waals surface area contributed by atoms with Crippen molar-refractivity contribution in [2.75, 3.05) is 6.61 Å². The van der Waals surface area contributed by atoms with E-state index in [2.05, 4.69) is 349 Å². The van der Waals surface area contributed by atoms with E-state index >= 15 is 0 Å². The number of esters is 1. The van der Waals surface area contributed by atoms with Crippen LogP contribution in [0.25, 0.3) is 31.8 Å². The molecule has 4 aromatic heterocycles. The van der Waals surface area contributed by atoms with Crippen molar-refractivity contribution in [1.29, 1.82) is 0 Å². The third kappa shape index (κ3) is 52.7. The number of furan rings is 1. The van der Waals surface area contributed by atoms with E-state index in [1.165, 1.54) is 105 Å². The van der Waals surface area contributed by atoms with Gasteiger partial charge in [0.25, 0.3) is 0 Å². The second-order valence-corrected chi connectivity index (χ2v) is 46.8. The van der Waals surface area contributed by atoms with Gasteiger partial charge < -0.3 is 18.6 Å². The number of unbranched alkanes of at least 4 members (excludes halogenated alkanes) is 2. The van der Waals surface area contributed by atoms with Crippen molar-refractivity contribution in [2.45, 2.75) is 378 Å². The zero-order valence-electron chi connectivity index (χ0n) is 87.5. The first-order valence-corrected chi connectivity index (χ1v) is 53.3. The number of nitrogens with zero attached hydrogens (tertiary/aromatic N) is 1. The number of aromatic nitrogens is 1. The van der Waals surface area contributed by atoms with Gasteiger partial charge in [-0.1, -0.05) is 354 Å². The summed E-state index contributed by atoms with van der Waals surface area (Å²) in [6.07, 6.45) is 31.0. The Labute approximate surface area is 789 Å². The molecule has 0 radical (unpaired) electrons. The molecule has 12 rings (SSSR count). The molecule has 5 aromatic carbocycles. The second kappa shape index (κ2) is 65.0. The van der Waals surface area contributed by atoms with Crippen LogP contribution in [0.5, 0.6) is 5.75 Å². The van der Waals surface area contributed by atoms with E-state index in [1.807, 2.05) is 134 Å². The fourth-order valence-electron chi connectivity index (χ4n) is 12.2. The predicted octanol–water partition coefficient (Wildman–Crippen LogP) is 38.2. The number of rotatable bonds is 17. The molecule has 1 fully saturated rings. The number of carbonyl (C=O) groups excluding carboxylic acids is 2. The highest BCUT2D eigenvalue weighted by molar-refractivity contribution is 7.17. The van der Waals surface area contributed by atoms with Crippen molar-refractivity contribution < 1.29 is 28.2 Å². The Kier molecular flexibility index (Phi) is 61.0.